The molecule has 1 aromatic carbocycles. The van der Waals surface area contributed by atoms with Crippen molar-refractivity contribution in [2.24, 2.45) is 0 Å². The highest BCUT2D eigenvalue weighted by atomic mass is 35.5. The predicted molar refractivity (Wildman–Crippen MR) is 80.0 cm³/mol. The molecule has 0 spiro atoms. The summed E-state index contributed by atoms with van der Waals surface area (Å²) in [6.07, 6.45) is 0.444. The molecular formula is C15H18ClN3O2. The Morgan fingerprint density at radius 3 is 2.67 bits per heavy atom. The van der Waals surface area contributed by atoms with E-state index in [9.17, 15) is 0 Å². The van der Waals surface area contributed by atoms with E-state index in [1.165, 1.54) is 0 Å². The lowest BCUT2D eigenvalue weighted by Gasteiger charge is -2.34. The van der Waals surface area contributed by atoms with Crippen LogP contribution in [0.1, 0.15) is 19.7 Å². The summed E-state index contributed by atoms with van der Waals surface area (Å²) in [6.45, 7) is 6.52. The van der Waals surface area contributed by atoms with Crippen molar-refractivity contribution in [1.29, 1.82) is 0 Å². The molecule has 2 atom stereocenters. The molecule has 0 aliphatic carbocycles. The molecule has 21 heavy (non-hydrogen) atoms. The fourth-order valence-corrected chi connectivity index (χ4v) is 2.90. The van der Waals surface area contributed by atoms with Crippen LogP contribution in [0.4, 0.5) is 0 Å². The zero-order valence-electron chi connectivity index (χ0n) is 12.1. The number of aromatic nitrogens is 2. The van der Waals surface area contributed by atoms with Gasteiger partial charge in [-0.3, -0.25) is 4.90 Å². The van der Waals surface area contributed by atoms with Crippen LogP contribution in [0, 0.1) is 0 Å². The molecule has 1 aliphatic heterocycles. The topological polar surface area (TPSA) is 51.4 Å². The maximum atomic E-state index is 6.15. The van der Waals surface area contributed by atoms with E-state index < -0.39 is 0 Å². The first-order valence-electron chi connectivity index (χ1n) is 7.07. The molecule has 0 unspecified atom stereocenters. The number of hydrogen-bond donors (Lipinski definition) is 0. The van der Waals surface area contributed by atoms with Crippen molar-refractivity contribution in [3.63, 3.8) is 0 Å². The maximum Gasteiger partial charge on any atom is 0.241 e. The summed E-state index contributed by atoms with van der Waals surface area (Å²) in [5, 5.41) is 4.65. The van der Waals surface area contributed by atoms with Crippen LogP contribution in [0.25, 0.3) is 11.4 Å². The largest absolute Gasteiger partial charge is 0.373 e. The summed E-state index contributed by atoms with van der Waals surface area (Å²) >= 11 is 6.15. The van der Waals surface area contributed by atoms with E-state index in [4.69, 9.17) is 20.9 Å². The lowest BCUT2D eigenvalue weighted by Crippen LogP contribution is -2.44. The molecule has 1 aromatic heterocycles. The molecule has 3 rings (SSSR count). The smallest absolute Gasteiger partial charge is 0.241 e. The Bertz CT molecular complexity index is 606. The van der Waals surface area contributed by atoms with Gasteiger partial charge in [0, 0.05) is 18.7 Å². The first-order chi connectivity index (χ1) is 10.1. The monoisotopic (exact) mass is 307 g/mol. The fourth-order valence-electron chi connectivity index (χ4n) is 2.68. The Morgan fingerprint density at radius 2 is 1.95 bits per heavy atom. The summed E-state index contributed by atoms with van der Waals surface area (Å²) < 4.78 is 11.1. The molecule has 1 saturated heterocycles. The Labute approximate surface area is 128 Å². The van der Waals surface area contributed by atoms with Gasteiger partial charge in [-0.15, -0.1) is 0 Å². The number of nitrogens with zero attached hydrogens (tertiary/aromatic N) is 3. The van der Waals surface area contributed by atoms with Crippen molar-refractivity contribution in [1.82, 2.24) is 15.0 Å². The van der Waals surface area contributed by atoms with Gasteiger partial charge in [0.1, 0.15) is 0 Å². The summed E-state index contributed by atoms with van der Waals surface area (Å²) in [7, 11) is 0. The standard InChI is InChI=1S/C15H18ClN3O2/c1-10-7-19(8-11(2)20-10)9-14-17-15(18-21-14)12-5-3-4-6-13(12)16/h3-6,10-11H,7-9H2,1-2H3/t10-,11+. The van der Waals surface area contributed by atoms with Gasteiger partial charge in [-0.2, -0.15) is 4.98 Å². The highest BCUT2D eigenvalue weighted by Gasteiger charge is 2.24. The second kappa shape index (κ2) is 6.13. The quantitative estimate of drug-likeness (QED) is 0.872. The number of halogens is 1. The van der Waals surface area contributed by atoms with Gasteiger partial charge in [0.05, 0.1) is 23.8 Å². The third kappa shape index (κ3) is 3.43. The lowest BCUT2D eigenvalue weighted by molar-refractivity contribution is -0.0725. The van der Waals surface area contributed by atoms with Gasteiger partial charge in [0.15, 0.2) is 0 Å². The van der Waals surface area contributed by atoms with Crippen LogP contribution >= 0.6 is 11.6 Å². The minimum Gasteiger partial charge on any atom is -0.373 e. The number of rotatable bonds is 3. The van der Waals surface area contributed by atoms with Gasteiger partial charge in [0.25, 0.3) is 0 Å². The van der Waals surface area contributed by atoms with E-state index in [2.05, 4.69) is 28.9 Å². The van der Waals surface area contributed by atoms with Crippen LogP contribution < -0.4 is 0 Å². The zero-order chi connectivity index (χ0) is 14.8. The molecule has 0 saturated carbocycles. The average Bonchev–Trinajstić information content (AvgIpc) is 2.86. The zero-order valence-corrected chi connectivity index (χ0v) is 12.9. The van der Waals surface area contributed by atoms with Crippen LogP contribution in [0.5, 0.6) is 0 Å². The van der Waals surface area contributed by atoms with Gasteiger partial charge in [0.2, 0.25) is 11.7 Å². The molecule has 1 aliphatic rings. The minimum absolute atomic E-state index is 0.222. The number of morpholine rings is 1. The molecule has 2 aromatic rings. The van der Waals surface area contributed by atoms with Crippen molar-refractivity contribution in [2.45, 2.75) is 32.6 Å². The van der Waals surface area contributed by atoms with Crippen LogP contribution in [0.15, 0.2) is 28.8 Å². The van der Waals surface area contributed by atoms with Crippen molar-refractivity contribution in [3.8, 4) is 11.4 Å². The molecule has 1 fully saturated rings. The van der Waals surface area contributed by atoms with E-state index in [0.29, 0.717) is 23.3 Å². The number of ether oxygens (including phenoxy) is 1. The average molecular weight is 308 g/mol. The maximum absolute atomic E-state index is 6.15. The van der Waals surface area contributed by atoms with E-state index >= 15 is 0 Å². The van der Waals surface area contributed by atoms with E-state index in [0.717, 1.165) is 18.7 Å². The molecule has 0 bridgehead atoms. The predicted octanol–water partition coefficient (Wildman–Crippen LogP) is 3.00. The van der Waals surface area contributed by atoms with Gasteiger partial charge in [-0.05, 0) is 26.0 Å². The molecular weight excluding hydrogens is 290 g/mol. The SMILES string of the molecule is C[C@@H]1CN(Cc2nc(-c3ccccc3Cl)no2)C[C@H](C)O1. The van der Waals surface area contributed by atoms with Gasteiger partial charge in [-0.1, -0.05) is 28.9 Å². The Hall–Kier alpha value is -1.43. The first kappa shape index (κ1) is 14.5. The summed E-state index contributed by atoms with van der Waals surface area (Å²) in [5.74, 6) is 1.14. The normalized spacial score (nSPS) is 23.4. The van der Waals surface area contributed by atoms with Crippen LogP contribution in [-0.4, -0.2) is 40.3 Å². The molecule has 0 N–H and O–H groups in total. The number of hydrogen-bond acceptors (Lipinski definition) is 5. The first-order valence-corrected chi connectivity index (χ1v) is 7.45. The third-order valence-corrected chi connectivity index (χ3v) is 3.77. The second-order valence-electron chi connectivity index (χ2n) is 5.44. The van der Waals surface area contributed by atoms with E-state index in [1.54, 1.807) is 0 Å². The summed E-state index contributed by atoms with van der Waals surface area (Å²) in [4.78, 5) is 6.71. The molecule has 2 heterocycles. The van der Waals surface area contributed by atoms with Crippen molar-refractivity contribution in [3.05, 3.63) is 35.2 Å². The number of benzene rings is 1. The van der Waals surface area contributed by atoms with Gasteiger partial charge in [-0.25, -0.2) is 0 Å². The lowest BCUT2D eigenvalue weighted by atomic mass is 10.2. The fraction of sp³-hybridized carbons (Fsp3) is 0.467. The van der Waals surface area contributed by atoms with Crippen molar-refractivity contribution in [2.75, 3.05) is 13.1 Å². The van der Waals surface area contributed by atoms with Gasteiger partial charge >= 0.3 is 0 Å². The van der Waals surface area contributed by atoms with E-state index in [1.807, 2.05) is 24.3 Å². The Morgan fingerprint density at radius 1 is 1.24 bits per heavy atom. The molecule has 112 valence electrons. The van der Waals surface area contributed by atoms with Crippen molar-refractivity contribution >= 4 is 11.6 Å². The molecule has 0 amide bonds. The highest BCUT2D eigenvalue weighted by Crippen LogP contribution is 2.25. The molecule has 6 heteroatoms. The molecule has 5 nitrogen and oxygen atoms in total. The highest BCUT2D eigenvalue weighted by molar-refractivity contribution is 6.33. The summed E-state index contributed by atoms with van der Waals surface area (Å²) in [5.41, 5.74) is 0.790. The molecule has 0 radical (unpaired) electrons. The van der Waals surface area contributed by atoms with E-state index in [-0.39, 0.29) is 12.2 Å². The third-order valence-electron chi connectivity index (χ3n) is 3.44. The Balaban J connectivity index is 1.72. The van der Waals surface area contributed by atoms with Crippen LogP contribution in [-0.2, 0) is 11.3 Å². The van der Waals surface area contributed by atoms with Gasteiger partial charge < -0.3 is 9.26 Å². The summed E-state index contributed by atoms with van der Waals surface area (Å²) in [6, 6.07) is 7.49. The van der Waals surface area contributed by atoms with Crippen LogP contribution in [0.2, 0.25) is 5.02 Å². The Kier molecular flexibility index (Phi) is 4.24. The van der Waals surface area contributed by atoms with Crippen molar-refractivity contribution < 1.29 is 9.26 Å². The minimum atomic E-state index is 0.222. The van der Waals surface area contributed by atoms with Crippen LogP contribution in [0.3, 0.4) is 0 Å². The second-order valence-corrected chi connectivity index (χ2v) is 5.85.